The first-order chi connectivity index (χ1) is 9.49. The summed E-state index contributed by atoms with van der Waals surface area (Å²) in [6.07, 6.45) is -1.37. The molecular formula is C11H11F3N6. The average molecular weight is 284 g/mol. The molecule has 2 aromatic rings. The molecule has 0 bridgehead atoms. The molecule has 20 heavy (non-hydrogen) atoms. The van der Waals surface area contributed by atoms with E-state index in [0.29, 0.717) is 0 Å². The Hall–Kier alpha value is -2.42. The monoisotopic (exact) mass is 284 g/mol. The third-order valence-corrected chi connectivity index (χ3v) is 2.34. The number of nitrogens with zero attached hydrogens (tertiary/aromatic N) is 3. The van der Waals surface area contributed by atoms with Crippen LogP contribution in [-0.4, -0.2) is 15.0 Å². The Morgan fingerprint density at radius 3 is 2.65 bits per heavy atom. The quantitative estimate of drug-likeness (QED) is 0.586. The summed E-state index contributed by atoms with van der Waals surface area (Å²) in [6, 6.07) is 4.33. The van der Waals surface area contributed by atoms with E-state index < -0.39 is 11.9 Å². The Labute approximate surface area is 112 Å². The molecule has 2 rings (SSSR count). The number of halogens is 3. The number of pyridine rings is 1. The minimum absolute atomic E-state index is 0.0177. The highest BCUT2D eigenvalue weighted by Crippen LogP contribution is 2.29. The number of hydrogen-bond acceptors (Lipinski definition) is 6. The molecule has 0 amide bonds. The van der Waals surface area contributed by atoms with Gasteiger partial charge in [-0.05, 0) is 11.6 Å². The standard InChI is InChI=1S/C11H11F3N6/c12-11(13,14)8-4-9(19-10(18-8)20-15)17-6-7-2-1-3-16-5-7/h1-5H,6,15H2,(H2,17,18,19,20). The Morgan fingerprint density at radius 2 is 2.05 bits per heavy atom. The van der Waals surface area contributed by atoms with E-state index in [1.165, 1.54) is 0 Å². The van der Waals surface area contributed by atoms with Gasteiger partial charge in [-0.3, -0.25) is 10.4 Å². The molecule has 0 spiro atoms. The van der Waals surface area contributed by atoms with Gasteiger partial charge in [-0.25, -0.2) is 10.8 Å². The maximum atomic E-state index is 12.7. The zero-order chi connectivity index (χ0) is 14.6. The fourth-order valence-electron chi connectivity index (χ4n) is 1.44. The third kappa shape index (κ3) is 3.54. The molecule has 0 aliphatic heterocycles. The SMILES string of the molecule is NNc1nc(NCc2cccnc2)cc(C(F)(F)F)n1. The van der Waals surface area contributed by atoms with Crippen molar-refractivity contribution in [2.45, 2.75) is 12.7 Å². The fourth-order valence-corrected chi connectivity index (χ4v) is 1.44. The van der Waals surface area contributed by atoms with Crippen LogP contribution in [0.2, 0.25) is 0 Å². The third-order valence-electron chi connectivity index (χ3n) is 2.34. The molecule has 0 fully saturated rings. The number of hydrogen-bond donors (Lipinski definition) is 3. The van der Waals surface area contributed by atoms with Gasteiger partial charge in [-0.2, -0.15) is 18.2 Å². The minimum atomic E-state index is -4.57. The molecule has 6 nitrogen and oxygen atoms in total. The predicted molar refractivity (Wildman–Crippen MR) is 66.4 cm³/mol. The maximum absolute atomic E-state index is 12.7. The Balaban J connectivity index is 2.19. The zero-order valence-electron chi connectivity index (χ0n) is 10.1. The molecule has 9 heteroatoms. The summed E-state index contributed by atoms with van der Waals surface area (Å²) in [4.78, 5) is 11.0. The van der Waals surface area contributed by atoms with E-state index in [9.17, 15) is 13.2 Å². The molecule has 0 saturated carbocycles. The number of hydrazine groups is 1. The first kappa shape index (κ1) is 14.0. The van der Waals surface area contributed by atoms with Crippen LogP contribution in [0.25, 0.3) is 0 Å². The number of anilines is 2. The lowest BCUT2D eigenvalue weighted by Gasteiger charge is -2.11. The van der Waals surface area contributed by atoms with Gasteiger partial charge >= 0.3 is 6.18 Å². The summed E-state index contributed by atoms with van der Waals surface area (Å²) >= 11 is 0. The van der Waals surface area contributed by atoms with Gasteiger partial charge in [0.2, 0.25) is 5.95 Å². The lowest BCUT2D eigenvalue weighted by atomic mass is 10.3. The topological polar surface area (TPSA) is 88.8 Å². The van der Waals surface area contributed by atoms with Gasteiger partial charge in [0, 0.05) is 25.0 Å². The number of aromatic nitrogens is 3. The van der Waals surface area contributed by atoms with Gasteiger partial charge < -0.3 is 5.32 Å². The molecule has 4 N–H and O–H groups in total. The maximum Gasteiger partial charge on any atom is 0.433 e. The Morgan fingerprint density at radius 1 is 1.25 bits per heavy atom. The lowest BCUT2D eigenvalue weighted by molar-refractivity contribution is -0.141. The average Bonchev–Trinajstić information content (AvgIpc) is 2.45. The van der Waals surface area contributed by atoms with E-state index in [-0.39, 0.29) is 18.3 Å². The van der Waals surface area contributed by atoms with E-state index in [1.807, 2.05) is 5.43 Å². The van der Waals surface area contributed by atoms with Crippen molar-refractivity contribution in [3.63, 3.8) is 0 Å². The van der Waals surface area contributed by atoms with Crippen LogP contribution in [0, 0.1) is 0 Å². The smallest absolute Gasteiger partial charge is 0.366 e. The van der Waals surface area contributed by atoms with Crippen LogP contribution in [0.15, 0.2) is 30.6 Å². The van der Waals surface area contributed by atoms with Crippen LogP contribution in [-0.2, 0) is 12.7 Å². The molecule has 0 radical (unpaired) electrons. The molecule has 2 heterocycles. The molecule has 0 aliphatic rings. The first-order valence-corrected chi connectivity index (χ1v) is 5.54. The highest BCUT2D eigenvalue weighted by molar-refractivity contribution is 5.43. The van der Waals surface area contributed by atoms with Gasteiger partial charge in [-0.1, -0.05) is 6.07 Å². The minimum Gasteiger partial charge on any atom is -0.366 e. The summed E-state index contributed by atoms with van der Waals surface area (Å²) in [5.41, 5.74) is 1.74. The number of nitrogen functional groups attached to an aromatic ring is 1. The molecule has 2 aromatic heterocycles. The predicted octanol–water partition coefficient (Wildman–Crippen LogP) is 1.79. The van der Waals surface area contributed by atoms with Crippen molar-refractivity contribution < 1.29 is 13.2 Å². The second-order valence-corrected chi connectivity index (χ2v) is 3.82. The highest BCUT2D eigenvalue weighted by Gasteiger charge is 2.33. The summed E-state index contributed by atoms with van der Waals surface area (Å²) in [7, 11) is 0. The summed E-state index contributed by atoms with van der Waals surface area (Å²) in [5, 5.41) is 2.76. The van der Waals surface area contributed by atoms with Crippen molar-refractivity contribution >= 4 is 11.8 Å². The van der Waals surface area contributed by atoms with Crippen LogP contribution >= 0.6 is 0 Å². The second kappa shape index (κ2) is 5.70. The van der Waals surface area contributed by atoms with Crippen LogP contribution in [0.5, 0.6) is 0 Å². The zero-order valence-corrected chi connectivity index (χ0v) is 10.1. The number of nitrogens with two attached hydrogens (primary N) is 1. The van der Waals surface area contributed by atoms with E-state index in [2.05, 4.69) is 20.3 Å². The molecule has 0 aliphatic carbocycles. The van der Waals surface area contributed by atoms with Crippen LogP contribution in [0.4, 0.5) is 24.9 Å². The van der Waals surface area contributed by atoms with E-state index in [4.69, 9.17) is 5.84 Å². The van der Waals surface area contributed by atoms with Gasteiger partial charge in [0.1, 0.15) is 5.82 Å². The molecule has 106 valence electrons. The normalized spacial score (nSPS) is 11.2. The molecule has 0 saturated heterocycles. The first-order valence-electron chi connectivity index (χ1n) is 5.54. The van der Waals surface area contributed by atoms with Crippen LogP contribution in [0.3, 0.4) is 0 Å². The largest absolute Gasteiger partial charge is 0.433 e. The van der Waals surface area contributed by atoms with Gasteiger partial charge in [0.05, 0.1) is 0 Å². The summed E-state index contributed by atoms with van der Waals surface area (Å²) in [6.45, 7) is 0.284. The van der Waals surface area contributed by atoms with Crippen molar-refractivity contribution in [1.29, 1.82) is 0 Å². The molecule has 0 unspecified atom stereocenters. The van der Waals surface area contributed by atoms with Gasteiger partial charge in [0.15, 0.2) is 5.69 Å². The van der Waals surface area contributed by atoms with Crippen molar-refractivity contribution in [2.24, 2.45) is 5.84 Å². The summed E-state index contributed by atoms with van der Waals surface area (Å²) < 4.78 is 38.0. The van der Waals surface area contributed by atoms with Crippen LogP contribution in [0.1, 0.15) is 11.3 Å². The molecule has 0 aromatic carbocycles. The molecular weight excluding hydrogens is 273 g/mol. The summed E-state index contributed by atoms with van der Waals surface area (Å²) in [5.74, 6) is 4.76. The fraction of sp³-hybridized carbons (Fsp3) is 0.182. The number of nitrogens with one attached hydrogen (secondary N) is 2. The molecule has 0 atom stereocenters. The van der Waals surface area contributed by atoms with E-state index >= 15 is 0 Å². The van der Waals surface area contributed by atoms with E-state index in [0.717, 1.165) is 11.6 Å². The number of rotatable bonds is 4. The lowest BCUT2D eigenvalue weighted by Crippen LogP contribution is -2.16. The van der Waals surface area contributed by atoms with Crippen molar-refractivity contribution in [1.82, 2.24) is 15.0 Å². The number of alkyl halides is 3. The van der Waals surface area contributed by atoms with Gasteiger partial charge in [0.25, 0.3) is 0 Å². The van der Waals surface area contributed by atoms with Crippen molar-refractivity contribution in [2.75, 3.05) is 10.7 Å². The highest BCUT2D eigenvalue weighted by atomic mass is 19.4. The van der Waals surface area contributed by atoms with E-state index in [1.54, 1.807) is 24.5 Å². The van der Waals surface area contributed by atoms with Crippen LogP contribution < -0.4 is 16.6 Å². The second-order valence-electron chi connectivity index (χ2n) is 3.82. The van der Waals surface area contributed by atoms with Crippen molar-refractivity contribution in [3.8, 4) is 0 Å². The Bertz CT molecular complexity index is 572. The van der Waals surface area contributed by atoms with Gasteiger partial charge in [-0.15, -0.1) is 0 Å². The van der Waals surface area contributed by atoms with Crippen molar-refractivity contribution in [3.05, 3.63) is 41.9 Å². The Kier molecular flexibility index (Phi) is 3.99.